The Bertz CT molecular complexity index is 618. The minimum absolute atomic E-state index is 0.216. The Morgan fingerprint density at radius 1 is 1.22 bits per heavy atom. The van der Waals surface area contributed by atoms with Crippen LogP contribution in [0.2, 0.25) is 0 Å². The summed E-state index contributed by atoms with van der Waals surface area (Å²) in [6, 6.07) is 4.76. The number of hydrogen-bond donors (Lipinski definition) is 1. The monoisotopic (exact) mass is 326 g/mol. The molecule has 1 aliphatic rings. The van der Waals surface area contributed by atoms with Gasteiger partial charge in [0, 0.05) is 25.1 Å². The first-order valence-electron chi connectivity index (χ1n) is 7.21. The largest absolute Gasteiger partial charge is 0.416 e. The van der Waals surface area contributed by atoms with Crippen LogP contribution in [0.25, 0.3) is 6.08 Å². The molecule has 23 heavy (non-hydrogen) atoms. The van der Waals surface area contributed by atoms with Crippen LogP contribution in [-0.2, 0) is 15.8 Å². The number of piperidine rings is 1. The molecule has 2 amide bonds. The highest BCUT2D eigenvalue weighted by molar-refractivity contribution is 5.92. The van der Waals surface area contributed by atoms with E-state index in [4.69, 9.17) is 5.73 Å². The molecule has 2 N–H and O–H groups in total. The lowest BCUT2D eigenvalue weighted by atomic mass is 9.96. The molecule has 0 aliphatic carbocycles. The topological polar surface area (TPSA) is 63.4 Å². The summed E-state index contributed by atoms with van der Waals surface area (Å²) in [4.78, 5) is 24.7. The number of alkyl halides is 3. The Hall–Kier alpha value is -2.31. The second kappa shape index (κ2) is 6.85. The standard InChI is InChI=1S/C16H17F3N2O2/c17-16(18,19)13-3-1-2-11(10-13)4-5-14(22)21-8-6-12(7-9-21)15(20)23/h1-5,10,12H,6-9H2,(H2,20,23)/b5-4+. The maximum absolute atomic E-state index is 12.6. The van der Waals surface area contributed by atoms with Gasteiger partial charge in [0.25, 0.3) is 0 Å². The van der Waals surface area contributed by atoms with Gasteiger partial charge in [-0.2, -0.15) is 13.2 Å². The van der Waals surface area contributed by atoms with E-state index < -0.39 is 11.7 Å². The van der Waals surface area contributed by atoms with Crippen LogP contribution in [-0.4, -0.2) is 29.8 Å². The van der Waals surface area contributed by atoms with Crippen LogP contribution in [0.3, 0.4) is 0 Å². The zero-order valence-electron chi connectivity index (χ0n) is 12.3. The number of primary amides is 1. The minimum Gasteiger partial charge on any atom is -0.369 e. The van der Waals surface area contributed by atoms with Gasteiger partial charge in [0.2, 0.25) is 11.8 Å². The predicted octanol–water partition coefficient (Wildman–Crippen LogP) is 2.44. The molecule has 1 aromatic rings. The van der Waals surface area contributed by atoms with Gasteiger partial charge >= 0.3 is 6.18 Å². The summed E-state index contributed by atoms with van der Waals surface area (Å²) in [6.45, 7) is 0.832. The van der Waals surface area contributed by atoms with Crippen LogP contribution in [0.15, 0.2) is 30.3 Å². The first-order valence-corrected chi connectivity index (χ1v) is 7.21. The lowest BCUT2D eigenvalue weighted by molar-refractivity contribution is -0.137. The van der Waals surface area contributed by atoms with Gasteiger partial charge in [-0.1, -0.05) is 12.1 Å². The molecule has 1 saturated heterocycles. The number of halogens is 3. The molecule has 2 rings (SSSR count). The predicted molar refractivity (Wildman–Crippen MR) is 79.0 cm³/mol. The molecule has 0 atom stereocenters. The maximum atomic E-state index is 12.6. The van der Waals surface area contributed by atoms with E-state index in [2.05, 4.69) is 0 Å². The number of nitrogens with zero attached hydrogens (tertiary/aromatic N) is 1. The van der Waals surface area contributed by atoms with E-state index in [1.165, 1.54) is 24.3 Å². The number of benzene rings is 1. The lowest BCUT2D eigenvalue weighted by Gasteiger charge is -2.29. The van der Waals surface area contributed by atoms with Crippen molar-refractivity contribution < 1.29 is 22.8 Å². The fourth-order valence-electron chi connectivity index (χ4n) is 2.48. The molecule has 0 saturated carbocycles. The Kier molecular flexibility index (Phi) is 5.08. The number of likely N-dealkylation sites (tertiary alicyclic amines) is 1. The average molecular weight is 326 g/mol. The van der Waals surface area contributed by atoms with Gasteiger partial charge in [0.1, 0.15) is 0 Å². The van der Waals surface area contributed by atoms with E-state index in [9.17, 15) is 22.8 Å². The van der Waals surface area contributed by atoms with Gasteiger partial charge in [-0.15, -0.1) is 0 Å². The van der Waals surface area contributed by atoms with Gasteiger partial charge in [-0.05, 0) is 36.6 Å². The lowest BCUT2D eigenvalue weighted by Crippen LogP contribution is -2.41. The summed E-state index contributed by atoms with van der Waals surface area (Å²) in [5.74, 6) is -0.867. The number of carbonyl (C=O) groups is 2. The van der Waals surface area contributed by atoms with E-state index in [1.54, 1.807) is 4.90 Å². The second-order valence-corrected chi connectivity index (χ2v) is 5.46. The molecular weight excluding hydrogens is 309 g/mol. The highest BCUT2D eigenvalue weighted by Gasteiger charge is 2.30. The van der Waals surface area contributed by atoms with Crippen LogP contribution >= 0.6 is 0 Å². The number of carbonyl (C=O) groups excluding carboxylic acids is 2. The molecule has 0 aromatic heterocycles. The smallest absolute Gasteiger partial charge is 0.369 e. The van der Waals surface area contributed by atoms with E-state index >= 15 is 0 Å². The second-order valence-electron chi connectivity index (χ2n) is 5.46. The first-order chi connectivity index (χ1) is 10.8. The summed E-state index contributed by atoms with van der Waals surface area (Å²) >= 11 is 0. The first kappa shape index (κ1) is 17.1. The molecular formula is C16H17F3N2O2. The van der Waals surface area contributed by atoms with E-state index in [0.29, 0.717) is 31.5 Å². The Balaban J connectivity index is 1.98. The summed E-state index contributed by atoms with van der Waals surface area (Å²) in [6.07, 6.45) is -0.778. The summed E-state index contributed by atoms with van der Waals surface area (Å²) in [5.41, 5.74) is 4.77. The van der Waals surface area contributed by atoms with Gasteiger partial charge in [0.15, 0.2) is 0 Å². The molecule has 1 aromatic carbocycles. The van der Waals surface area contributed by atoms with Crippen molar-refractivity contribution in [3.63, 3.8) is 0 Å². The van der Waals surface area contributed by atoms with Crippen molar-refractivity contribution in [1.82, 2.24) is 4.90 Å². The molecule has 1 heterocycles. The van der Waals surface area contributed by atoms with Crippen LogP contribution < -0.4 is 5.73 Å². The molecule has 0 spiro atoms. The molecule has 7 heteroatoms. The third kappa shape index (κ3) is 4.58. The van der Waals surface area contributed by atoms with Crippen molar-refractivity contribution >= 4 is 17.9 Å². The van der Waals surface area contributed by atoms with E-state index in [0.717, 1.165) is 12.1 Å². The van der Waals surface area contributed by atoms with Gasteiger partial charge in [-0.3, -0.25) is 9.59 Å². The van der Waals surface area contributed by atoms with Crippen molar-refractivity contribution in [2.45, 2.75) is 19.0 Å². The molecule has 1 aliphatic heterocycles. The van der Waals surface area contributed by atoms with Crippen LogP contribution in [0.4, 0.5) is 13.2 Å². The average Bonchev–Trinajstić information content (AvgIpc) is 2.52. The van der Waals surface area contributed by atoms with Gasteiger partial charge in [-0.25, -0.2) is 0 Å². The van der Waals surface area contributed by atoms with Crippen molar-refractivity contribution in [1.29, 1.82) is 0 Å². The normalized spacial score (nSPS) is 16.7. The van der Waals surface area contributed by atoms with E-state index in [-0.39, 0.29) is 17.7 Å². The zero-order valence-corrected chi connectivity index (χ0v) is 12.3. The number of amides is 2. The van der Waals surface area contributed by atoms with Gasteiger partial charge in [0.05, 0.1) is 5.56 Å². The fourth-order valence-corrected chi connectivity index (χ4v) is 2.48. The third-order valence-corrected chi connectivity index (χ3v) is 3.84. The SMILES string of the molecule is NC(=O)C1CCN(C(=O)/C=C/c2cccc(C(F)(F)F)c2)CC1. The van der Waals surface area contributed by atoms with Crippen molar-refractivity contribution in [3.05, 3.63) is 41.5 Å². The molecule has 1 fully saturated rings. The number of hydrogen-bond acceptors (Lipinski definition) is 2. The van der Waals surface area contributed by atoms with Gasteiger partial charge < -0.3 is 10.6 Å². The van der Waals surface area contributed by atoms with Crippen molar-refractivity contribution in [2.75, 3.05) is 13.1 Å². The molecule has 4 nitrogen and oxygen atoms in total. The Morgan fingerprint density at radius 2 is 1.87 bits per heavy atom. The van der Waals surface area contributed by atoms with Crippen LogP contribution in [0.1, 0.15) is 24.0 Å². The summed E-state index contributed by atoms with van der Waals surface area (Å²) < 4.78 is 37.9. The zero-order chi connectivity index (χ0) is 17.0. The molecule has 0 bridgehead atoms. The summed E-state index contributed by atoms with van der Waals surface area (Å²) in [7, 11) is 0. The fraction of sp³-hybridized carbons (Fsp3) is 0.375. The van der Waals surface area contributed by atoms with E-state index in [1.807, 2.05) is 0 Å². The minimum atomic E-state index is -4.41. The Morgan fingerprint density at radius 3 is 2.43 bits per heavy atom. The van der Waals surface area contributed by atoms with Crippen molar-refractivity contribution in [3.8, 4) is 0 Å². The highest BCUT2D eigenvalue weighted by atomic mass is 19.4. The number of nitrogens with two attached hydrogens (primary N) is 1. The molecule has 0 radical (unpaired) electrons. The van der Waals surface area contributed by atoms with Crippen molar-refractivity contribution in [2.24, 2.45) is 11.7 Å². The summed E-state index contributed by atoms with van der Waals surface area (Å²) in [5, 5.41) is 0. The molecule has 124 valence electrons. The molecule has 0 unspecified atom stereocenters. The third-order valence-electron chi connectivity index (χ3n) is 3.84. The Labute approximate surface area is 131 Å². The van der Waals surface area contributed by atoms with Crippen LogP contribution in [0, 0.1) is 5.92 Å². The maximum Gasteiger partial charge on any atom is 0.416 e. The highest BCUT2D eigenvalue weighted by Crippen LogP contribution is 2.29. The quantitative estimate of drug-likeness (QED) is 0.867. The van der Waals surface area contributed by atoms with Crippen LogP contribution in [0.5, 0.6) is 0 Å². The number of rotatable bonds is 3.